The molecule has 2 amide bonds. The molecule has 212 valence electrons. The number of hydrogen-bond donors (Lipinski definition) is 0. The van der Waals surface area contributed by atoms with Gasteiger partial charge in [0.15, 0.2) is 12.4 Å². The van der Waals surface area contributed by atoms with Gasteiger partial charge in [0, 0.05) is 12.0 Å². The molecule has 0 unspecified atom stereocenters. The molecule has 2 saturated carbocycles. The zero-order chi connectivity index (χ0) is 28.8. The van der Waals surface area contributed by atoms with Crippen LogP contribution in [0.25, 0.3) is 0 Å². The quantitative estimate of drug-likeness (QED) is 0.155. The summed E-state index contributed by atoms with van der Waals surface area (Å²) in [6.07, 6.45) is 5.41. The van der Waals surface area contributed by atoms with E-state index in [0.29, 0.717) is 29.8 Å². The molecule has 7 atom stereocenters. The number of ether oxygens (including phenoxy) is 2. The lowest BCUT2D eigenvalue weighted by Crippen LogP contribution is -2.48. The molecule has 1 saturated heterocycles. The number of hydrogen-bond acceptors (Lipinski definition) is 6. The van der Waals surface area contributed by atoms with Crippen molar-refractivity contribution in [3.8, 4) is 5.75 Å². The second-order valence-electron chi connectivity index (χ2n) is 11.7. The third-order valence-electron chi connectivity index (χ3n) is 9.32. The van der Waals surface area contributed by atoms with E-state index in [1.54, 1.807) is 24.3 Å². The molecule has 8 rings (SSSR count). The lowest BCUT2D eigenvalue weighted by atomic mass is 9.63. The van der Waals surface area contributed by atoms with Gasteiger partial charge in [0.05, 0.1) is 11.8 Å². The normalized spacial score (nSPS) is 27.3. The van der Waals surface area contributed by atoms with Crippen LogP contribution in [-0.4, -0.2) is 41.1 Å². The van der Waals surface area contributed by atoms with Gasteiger partial charge in [-0.15, -0.1) is 0 Å². The lowest BCUT2D eigenvalue weighted by Gasteiger charge is -2.37. The molecule has 3 aromatic carbocycles. The van der Waals surface area contributed by atoms with Crippen molar-refractivity contribution in [2.45, 2.75) is 25.5 Å². The number of ketones is 1. The van der Waals surface area contributed by atoms with Crippen LogP contribution in [-0.2, 0) is 32.1 Å². The molecule has 7 nitrogen and oxygen atoms in total. The minimum absolute atomic E-state index is 0.0565. The van der Waals surface area contributed by atoms with Crippen molar-refractivity contribution in [3.63, 3.8) is 0 Å². The number of likely N-dealkylation sites (tertiary alicyclic amines) is 1. The maximum Gasteiger partial charge on any atom is 0.330 e. The summed E-state index contributed by atoms with van der Waals surface area (Å²) in [5.74, 6) is -0.873. The zero-order valence-corrected chi connectivity index (χ0v) is 23.0. The fraction of sp³-hybridized carbons (Fsp3) is 0.314. The fourth-order valence-electron chi connectivity index (χ4n) is 7.20. The molecule has 0 aromatic heterocycles. The highest BCUT2D eigenvalue weighted by molar-refractivity contribution is 6.09. The summed E-state index contributed by atoms with van der Waals surface area (Å²) in [5, 5.41) is 0. The molecule has 3 fully saturated rings. The number of carbonyl (C=O) groups is 4. The maximum atomic E-state index is 13.8. The van der Waals surface area contributed by atoms with Gasteiger partial charge in [0.1, 0.15) is 18.4 Å². The first-order valence-electron chi connectivity index (χ1n) is 14.6. The number of allylic oxidation sites excluding steroid dienone is 2. The molecule has 0 radical (unpaired) electrons. The van der Waals surface area contributed by atoms with Gasteiger partial charge in [-0.2, -0.15) is 0 Å². The molecule has 0 N–H and O–H groups in total. The minimum atomic E-state index is -1.13. The van der Waals surface area contributed by atoms with Crippen molar-refractivity contribution in [2.75, 3.05) is 6.61 Å². The molecule has 2 bridgehead atoms. The zero-order valence-electron chi connectivity index (χ0n) is 23.0. The molecule has 0 spiro atoms. The van der Waals surface area contributed by atoms with E-state index in [1.807, 2.05) is 60.7 Å². The van der Waals surface area contributed by atoms with Crippen LogP contribution in [0.1, 0.15) is 27.9 Å². The molecular weight excluding hydrogens is 530 g/mol. The van der Waals surface area contributed by atoms with Crippen LogP contribution in [0.3, 0.4) is 0 Å². The third kappa shape index (κ3) is 4.73. The Kier molecular flexibility index (Phi) is 6.73. The second-order valence-corrected chi connectivity index (χ2v) is 11.7. The van der Waals surface area contributed by atoms with Crippen LogP contribution in [0, 0.1) is 35.5 Å². The monoisotopic (exact) mass is 561 g/mol. The summed E-state index contributed by atoms with van der Waals surface area (Å²) in [6.45, 7) is -0.0859. The number of benzene rings is 3. The van der Waals surface area contributed by atoms with E-state index in [9.17, 15) is 19.2 Å². The smallest absolute Gasteiger partial charge is 0.330 e. The number of esters is 1. The second kappa shape index (κ2) is 10.7. The highest BCUT2D eigenvalue weighted by Crippen LogP contribution is 2.65. The molecule has 5 aliphatic rings. The Bertz CT molecular complexity index is 1510. The predicted octanol–water partition coefficient (Wildman–Crippen LogP) is 4.66. The molecule has 7 heteroatoms. The fourth-order valence-corrected chi connectivity index (χ4v) is 7.20. The number of carbonyl (C=O) groups excluding carboxylic acids is 4. The van der Waals surface area contributed by atoms with E-state index in [-0.39, 0.29) is 35.9 Å². The average Bonchev–Trinajstić information content (AvgIpc) is 3.81. The Morgan fingerprint density at radius 3 is 1.93 bits per heavy atom. The van der Waals surface area contributed by atoms with Gasteiger partial charge in [-0.25, -0.2) is 4.79 Å². The maximum absolute atomic E-state index is 13.8. The van der Waals surface area contributed by atoms with Crippen LogP contribution in [0.15, 0.2) is 97.1 Å². The van der Waals surface area contributed by atoms with Crippen molar-refractivity contribution < 1.29 is 28.7 Å². The van der Waals surface area contributed by atoms with Crippen LogP contribution in [0.4, 0.5) is 0 Å². The summed E-state index contributed by atoms with van der Waals surface area (Å²) in [4.78, 5) is 55.2. The van der Waals surface area contributed by atoms with Crippen molar-refractivity contribution in [2.24, 2.45) is 35.5 Å². The third-order valence-corrected chi connectivity index (χ3v) is 9.32. The Morgan fingerprint density at radius 2 is 1.33 bits per heavy atom. The van der Waals surface area contributed by atoms with Crippen LogP contribution >= 0.6 is 0 Å². The van der Waals surface area contributed by atoms with E-state index in [1.165, 1.54) is 0 Å². The Hall–Kier alpha value is -4.52. The average molecular weight is 562 g/mol. The molecular formula is C35H31NO6. The minimum Gasteiger partial charge on any atom is -0.489 e. The molecule has 4 aliphatic carbocycles. The largest absolute Gasteiger partial charge is 0.489 e. The van der Waals surface area contributed by atoms with E-state index in [2.05, 4.69) is 12.2 Å². The standard InChI is InChI=1S/C35H31NO6/c37-30(23-11-13-24(14-12-23)41-19-22-9-5-2-6-10-22)20-42-35(40)29(17-21-7-3-1-4-8-21)36-33(38)31-25-15-16-26(28-18-27(25)28)32(31)34(36)39/h1-16,25-29,31-32H,17-20H2/t25-,26-,27-,28-,29+,31-,32+/m1/s1. The highest BCUT2D eigenvalue weighted by Gasteiger charge is 2.68. The van der Waals surface area contributed by atoms with E-state index < -0.39 is 30.5 Å². The molecule has 1 heterocycles. The van der Waals surface area contributed by atoms with Crippen molar-refractivity contribution in [1.29, 1.82) is 0 Å². The number of imide groups is 1. The summed E-state index contributed by atoms with van der Waals surface area (Å²) in [5.41, 5.74) is 2.21. The van der Waals surface area contributed by atoms with Gasteiger partial charge < -0.3 is 9.47 Å². The van der Waals surface area contributed by atoms with Gasteiger partial charge >= 0.3 is 5.97 Å². The summed E-state index contributed by atoms with van der Waals surface area (Å²) in [7, 11) is 0. The molecule has 1 aliphatic heterocycles. The van der Waals surface area contributed by atoms with Gasteiger partial charge in [0.2, 0.25) is 11.8 Å². The number of Topliss-reactive ketones (excluding diaryl/α,β-unsaturated/α-hetero) is 1. The van der Waals surface area contributed by atoms with E-state index >= 15 is 0 Å². The van der Waals surface area contributed by atoms with Crippen molar-refractivity contribution in [1.82, 2.24) is 4.90 Å². The van der Waals surface area contributed by atoms with Crippen molar-refractivity contribution >= 4 is 23.6 Å². The first-order valence-corrected chi connectivity index (χ1v) is 14.6. The van der Waals surface area contributed by atoms with Gasteiger partial charge in [-0.1, -0.05) is 72.8 Å². The van der Waals surface area contributed by atoms with Gasteiger partial charge in [0.25, 0.3) is 0 Å². The van der Waals surface area contributed by atoms with Crippen molar-refractivity contribution in [3.05, 3.63) is 114 Å². The van der Waals surface area contributed by atoms with E-state index in [4.69, 9.17) is 9.47 Å². The Balaban J connectivity index is 1.04. The topological polar surface area (TPSA) is 90.0 Å². The van der Waals surface area contributed by atoms with Crippen LogP contribution < -0.4 is 4.74 Å². The first kappa shape index (κ1) is 26.4. The van der Waals surface area contributed by atoms with E-state index in [0.717, 1.165) is 22.4 Å². The SMILES string of the molecule is O=C(COC(=O)[C@H](Cc1ccccc1)N1C(=O)[C@@H]2[C@@H]3C=C[C@H]([C@H]4C[C@H]34)[C@@H]2C1=O)c1ccc(OCc2ccccc2)cc1. The Morgan fingerprint density at radius 1 is 0.762 bits per heavy atom. The summed E-state index contributed by atoms with van der Waals surface area (Å²) in [6, 6.07) is 24.6. The highest BCUT2D eigenvalue weighted by atomic mass is 16.5. The van der Waals surface area contributed by atoms with Gasteiger partial charge in [-0.05, 0) is 65.5 Å². The number of nitrogens with zero attached hydrogens (tertiary/aromatic N) is 1. The predicted molar refractivity (Wildman–Crippen MR) is 153 cm³/mol. The Labute approximate surface area is 244 Å². The first-order chi connectivity index (χ1) is 20.5. The molecule has 3 aromatic rings. The number of amides is 2. The van der Waals surface area contributed by atoms with Crippen LogP contribution in [0.2, 0.25) is 0 Å². The summed E-state index contributed by atoms with van der Waals surface area (Å²) >= 11 is 0. The lowest BCUT2D eigenvalue weighted by molar-refractivity contribution is -0.158. The summed E-state index contributed by atoms with van der Waals surface area (Å²) < 4.78 is 11.3. The number of rotatable bonds is 10. The van der Waals surface area contributed by atoms with Crippen LogP contribution in [0.5, 0.6) is 5.75 Å². The molecule has 42 heavy (non-hydrogen) atoms. The van der Waals surface area contributed by atoms with Gasteiger partial charge in [-0.3, -0.25) is 19.3 Å².